The van der Waals surface area contributed by atoms with E-state index in [1.54, 1.807) is 12.1 Å². The summed E-state index contributed by atoms with van der Waals surface area (Å²) in [5.41, 5.74) is 1.08. The summed E-state index contributed by atoms with van der Waals surface area (Å²) in [6, 6.07) is 8.06. The Morgan fingerprint density at radius 3 is 2.13 bits per heavy atom. The maximum Gasteiger partial charge on any atom is 0.173 e. The summed E-state index contributed by atoms with van der Waals surface area (Å²) in [5, 5.41) is 13.0. The summed E-state index contributed by atoms with van der Waals surface area (Å²) in [7, 11) is 0. The standard InChI is InChI=1S/C23H33FN6/c24-19-12-10-18(11-13-19)22(23-25-26-27-30(23)21-8-2-1-3-9-21)29-16-14-28(15-17-29)20-6-4-5-7-20/h10-13,20-22H,1-9,14-17H2. The van der Waals surface area contributed by atoms with E-state index in [1.807, 2.05) is 12.1 Å². The fraction of sp³-hybridized carbons (Fsp3) is 0.696. The number of tetrazole rings is 1. The Bertz CT molecular complexity index is 801. The Morgan fingerprint density at radius 1 is 0.800 bits per heavy atom. The molecule has 0 N–H and O–H groups in total. The van der Waals surface area contributed by atoms with E-state index in [0.29, 0.717) is 6.04 Å². The van der Waals surface area contributed by atoms with Crippen LogP contribution in [-0.4, -0.2) is 62.2 Å². The first-order valence-corrected chi connectivity index (χ1v) is 11.8. The molecule has 0 bridgehead atoms. The highest BCUT2D eigenvalue weighted by Crippen LogP contribution is 2.34. The number of nitrogens with zero attached hydrogens (tertiary/aromatic N) is 6. The fourth-order valence-electron chi connectivity index (χ4n) is 5.76. The van der Waals surface area contributed by atoms with E-state index in [-0.39, 0.29) is 11.9 Å². The minimum atomic E-state index is -0.199. The molecule has 0 amide bonds. The van der Waals surface area contributed by atoms with Crippen molar-refractivity contribution < 1.29 is 4.39 Å². The van der Waals surface area contributed by atoms with Gasteiger partial charge in [-0.2, -0.15) is 0 Å². The Morgan fingerprint density at radius 2 is 1.43 bits per heavy atom. The number of piperazine rings is 1. The molecule has 2 aliphatic carbocycles. The average Bonchev–Trinajstić information content (AvgIpc) is 3.49. The number of hydrogen-bond acceptors (Lipinski definition) is 5. The highest BCUT2D eigenvalue weighted by Gasteiger charge is 2.34. The van der Waals surface area contributed by atoms with Gasteiger partial charge in [0.2, 0.25) is 0 Å². The Labute approximate surface area is 178 Å². The largest absolute Gasteiger partial charge is 0.298 e. The first-order chi connectivity index (χ1) is 14.8. The molecule has 1 aliphatic heterocycles. The molecule has 30 heavy (non-hydrogen) atoms. The van der Waals surface area contributed by atoms with Gasteiger partial charge in [0.05, 0.1) is 12.1 Å². The van der Waals surface area contributed by atoms with E-state index in [0.717, 1.165) is 56.5 Å². The predicted molar refractivity (Wildman–Crippen MR) is 114 cm³/mol. The number of hydrogen-bond donors (Lipinski definition) is 0. The van der Waals surface area contributed by atoms with Crippen molar-refractivity contribution in [3.63, 3.8) is 0 Å². The molecule has 3 fully saturated rings. The van der Waals surface area contributed by atoms with Gasteiger partial charge in [-0.15, -0.1) is 5.10 Å². The van der Waals surface area contributed by atoms with Crippen molar-refractivity contribution >= 4 is 0 Å². The van der Waals surface area contributed by atoms with Gasteiger partial charge in [-0.05, 0) is 53.8 Å². The fourth-order valence-corrected chi connectivity index (χ4v) is 5.76. The molecule has 2 saturated carbocycles. The van der Waals surface area contributed by atoms with Crippen molar-refractivity contribution in [3.05, 3.63) is 41.5 Å². The maximum atomic E-state index is 13.7. The zero-order valence-electron chi connectivity index (χ0n) is 17.8. The van der Waals surface area contributed by atoms with Crippen molar-refractivity contribution in [1.29, 1.82) is 0 Å². The summed E-state index contributed by atoms with van der Waals surface area (Å²) in [6.07, 6.45) is 11.5. The van der Waals surface area contributed by atoms with Crippen LogP contribution in [0, 0.1) is 5.82 Å². The minimum Gasteiger partial charge on any atom is -0.298 e. The molecule has 1 saturated heterocycles. The normalized spacial score (nSPS) is 23.8. The van der Waals surface area contributed by atoms with Crippen molar-refractivity contribution in [3.8, 4) is 0 Å². The topological polar surface area (TPSA) is 50.1 Å². The molecule has 0 radical (unpaired) electrons. The average molecular weight is 413 g/mol. The van der Waals surface area contributed by atoms with Gasteiger partial charge in [0.15, 0.2) is 5.82 Å². The first-order valence-electron chi connectivity index (χ1n) is 11.8. The lowest BCUT2D eigenvalue weighted by molar-refractivity contribution is 0.0760. The van der Waals surface area contributed by atoms with E-state index in [1.165, 1.54) is 44.9 Å². The van der Waals surface area contributed by atoms with Crippen LogP contribution in [0.25, 0.3) is 0 Å². The van der Waals surface area contributed by atoms with E-state index in [9.17, 15) is 4.39 Å². The van der Waals surface area contributed by atoms with Crippen LogP contribution in [0.2, 0.25) is 0 Å². The summed E-state index contributed by atoms with van der Waals surface area (Å²) < 4.78 is 15.7. The molecule has 2 heterocycles. The molecular weight excluding hydrogens is 379 g/mol. The van der Waals surface area contributed by atoms with Crippen LogP contribution in [0.5, 0.6) is 0 Å². The third-order valence-corrected chi connectivity index (χ3v) is 7.42. The highest BCUT2D eigenvalue weighted by atomic mass is 19.1. The van der Waals surface area contributed by atoms with E-state index < -0.39 is 0 Å². The van der Waals surface area contributed by atoms with E-state index >= 15 is 0 Å². The van der Waals surface area contributed by atoms with Crippen LogP contribution >= 0.6 is 0 Å². The van der Waals surface area contributed by atoms with Crippen LogP contribution in [0.4, 0.5) is 4.39 Å². The summed E-state index contributed by atoms with van der Waals surface area (Å²) in [6.45, 7) is 4.17. The zero-order chi connectivity index (χ0) is 20.3. The molecule has 1 unspecified atom stereocenters. The number of aromatic nitrogens is 4. The molecule has 6 nitrogen and oxygen atoms in total. The third kappa shape index (κ3) is 4.14. The number of benzene rings is 1. The van der Waals surface area contributed by atoms with Crippen molar-refractivity contribution in [1.82, 2.24) is 30.0 Å². The number of rotatable bonds is 5. The molecular formula is C23H33FN6. The van der Waals surface area contributed by atoms with Crippen LogP contribution in [0.3, 0.4) is 0 Å². The van der Waals surface area contributed by atoms with Gasteiger partial charge in [-0.3, -0.25) is 9.80 Å². The highest BCUT2D eigenvalue weighted by molar-refractivity contribution is 5.26. The molecule has 1 aromatic heterocycles. The van der Waals surface area contributed by atoms with Crippen molar-refractivity contribution in [2.45, 2.75) is 75.9 Å². The van der Waals surface area contributed by atoms with Crippen molar-refractivity contribution in [2.24, 2.45) is 0 Å². The van der Waals surface area contributed by atoms with Crippen LogP contribution in [0.15, 0.2) is 24.3 Å². The SMILES string of the molecule is Fc1ccc(C(c2nnnn2C2CCCCC2)N2CCN(C3CCCC3)CC2)cc1. The molecule has 1 atom stereocenters. The van der Waals surface area contributed by atoms with Gasteiger partial charge in [0.25, 0.3) is 0 Å². The van der Waals surface area contributed by atoms with Gasteiger partial charge in [-0.1, -0.05) is 44.2 Å². The second-order valence-corrected chi connectivity index (χ2v) is 9.24. The monoisotopic (exact) mass is 412 g/mol. The molecule has 7 heteroatoms. The Balaban J connectivity index is 1.41. The van der Waals surface area contributed by atoms with Crippen LogP contribution in [-0.2, 0) is 0 Å². The van der Waals surface area contributed by atoms with Gasteiger partial charge in [-0.25, -0.2) is 9.07 Å². The molecule has 5 rings (SSSR count). The van der Waals surface area contributed by atoms with E-state index in [2.05, 4.69) is 30.0 Å². The minimum absolute atomic E-state index is 0.0201. The second-order valence-electron chi connectivity index (χ2n) is 9.24. The van der Waals surface area contributed by atoms with Gasteiger partial charge < -0.3 is 0 Å². The lowest BCUT2D eigenvalue weighted by Crippen LogP contribution is -2.51. The molecule has 162 valence electrons. The summed E-state index contributed by atoms with van der Waals surface area (Å²) in [4.78, 5) is 5.18. The molecule has 0 spiro atoms. The lowest BCUT2D eigenvalue weighted by Gasteiger charge is -2.41. The van der Waals surface area contributed by atoms with Gasteiger partial charge in [0, 0.05) is 32.2 Å². The van der Waals surface area contributed by atoms with Crippen LogP contribution in [0.1, 0.15) is 81.3 Å². The number of halogens is 1. The Kier molecular flexibility index (Phi) is 6.09. The smallest absolute Gasteiger partial charge is 0.173 e. The second kappa shape index (κ2) is 9.10. The summed E-state index contributed by atoms with van der Waals surface area (Å²) in [5.74, 6) is 0.721. The zero-order valence-corrected chi connectivity index (χ0v) is 17.8. The van der Waals surface area contributed by atoms with Crippen molar-refractivity contribution in [2.75, 3.05) is 26.2 Å². The third-order valence-electron chi connectivity index (χ3n) is 7.42. The first kappa shape index (κ1) is 20.1. The van der Waals surface area contributed by atoms with Crippen LogP contribution < -0.4 is 0 Å². The quantitative estimate of drug-likeness (QED) is 0.744. The van der Waals surface area contributed by atoms with E-state index in [4.69, 9.17) is 0 Å². The van der Waals surface area contributed by atoms with Gasteiger partial charge in [0.1, 0.15) is 5.82 Å². The molecule has 1 aromatic carbocycles. The predicted octanol–water partition coefficient (Wildman–Crippen LogP) is 3.97. The van der Waals surface area contributed by atoms with Gasteiger partial charge >= 0.3 is 0 Å². The molecule has 2 aromatic rings. The lowest BCUT2D eigenvalue weighted by atomic mass is 9.95. The Hall–Kier alpha value is -1.86. The maximum absolute atomic E-state index is 13.7. The summed E-state index contributed by atoms with van der Waals surface area (Å²) >= 11 is 0. The molecule has 3 aliphatic rings.